The number of hydrogen-bond donors (Lipinski definition) is 1. The van der Waals surface area contributed by atoms with Crippen molar-refractivity contribution in [2.75, 3.05) is 0 Å². The third-order valence-corrected chi connectivity index (χ3v) is 7.15. The number of hydrogen-bond acceptors (Lipinski definition) is 1. The van der Waals surface area contributed by atoms with Crippen LogP contribution in [-0.2, 0) is 0 Å². The Labute approximate surface area is 131 Å². The van der Waals surface area contributed by atoms with Gasteiger partial charge in [-0.2, -0.15) is 26.3 Å². The second-order valence-corrected chi connectivity index (χ2v) is 8.46. The van der Waals surface area contributed by atoms with E-state index in [0.29, 0.717) is 24.7 Å². The fraction of sp³-hybridized carbons (Fsp3) is 1.00. The summed E-state index contributed by atoms with van der Waals surface area (Å²) < 4.78 is 77.7. The highest BCUT2D eigenvalue weighted by molar-refractivity contribution is 5.14. The minimum Gasteiger partial charge on any atom is -0.374 e. The minimum atomic E-state index is -5.70. The average molecular weight is 344 g/mol. The van der Waals surface area contributed by atoms with Crippen molar-refractivity contribution in [2.24, 2.45) is 28.6 Å². The first-order valence-electron chi connectivity index (χ1n) is 8.10. The third kappa shape index (κ3) is 2.24. The number of rotatable bonds is 2. The summed E-state index contributed by atoms with van der Waals surface area (Å²) in [6.45, 7) is 4.09. The summed E-state index contributed by atoms with van der Waals surface area (Å²) in [7, 11) is 0. The molecule has 4 unspecified atom stereocenters. The van der Waals surface area contributed by atoms with Crippen LogP contribution in [0.1, 0.15) is 52.4 Å². The SMILES string of the molecule is CC1[C@@H]2CCC13CC(CC(O)(C(F)(F)F)C(F)(F)F)CC2(C)C3. The molecule has 0 aliphatic heterocycles. The largest absolute Gasteiger partial charge is 0.426 e. The van der Waals surface area contributed by atoms with E-state index in [4.69, 9.17) is 0 Å². The third-order valence-electron chi connectivity index (χ3n) is 7.15. The van der Waals surface area contributed by atoms with E-state index in [0.717, 1.165) is 19.3 Å². The molecule has 0 amide bonds. The molecule has 134 valence electrons. The van der Waals surface area contributed by atoms with E-state index >= 15 is 0 Å². The lowest BCUT2D eigenvalue weighted by Crippen LogP contribution is -2.58. The number of alkyl halides is 6. The van der Waals surface area contributed by atoms with Gasteiger partial charge in [0.25, 0.3) is 5.60 Å². The Balaban J connectivity index is 1.87. The summed E-state index contributed by atoms with van der Waals surface area (Å²) in [5, 5.41) is 9.50. The number of fused-ring (bicyclic) bond motifs is 3. The maximum atomic E-state index is 13.0. The van der Waals surface area contributed by atoms with Crippen LogP contribution in [0.2, 0.25) is 0 Å². The van der Waals surface area contributed by atoms with Crippen molar-refractivity contribution >= 4 is 0 Å². The summed E-state index contributed by atoms with van der Waals surface area (Å²) in [5.74, 6) is -0.00511. The topological polar surface area (TPSA) is 20.2 Å². The molecule has 3 aliphatic rings. The fourth-order valence-corrected chi connectivity index (χ4v) is 6.33. The van der Waals surface area contributed by atoms with Crippen molar-refractivity contribution in [1.29, 1.82) is 0 Å². The van der Waals surface area contributed by atoms with Crippen molar-refractivity contribution in [2.45, 2.75) is 70.3 Å². The molecule has 0 aromatic carbocycles. The Kier molecular flexibility index (Phi) is 3.46. The molecule has 3 rings (SSSR count). The van der Waals surface area contributed by atoms with Gasteiger partial charge in [0.05, 0.1) is 0 Å². The summed E-state index contributed by atoms with van der Waals surface area (Å²) in [4.78, 5) is 0. The molecule has 7 heteroatoms. The zero-order valence-corrected chi connectivity index (χ0v) is 13.2. The monoisotopic (exact) mass is 344 g/mol. The first-order valence-corrected chi connectivity index (χ1v) is 8.10. The quantitative estimate of drug-likeness (QED) is 0.692. The van der Waals surface area contributed by atoms with Crippen LogP contribution in [-0.4, -0.2) is 23.1 Å². The Morgan fingerprint density at radius 3 is 2.09 bits per heavy atom. The van der Waals surface area contributed by atoms with Crippen molar-refractivity contribution < 1.29 is 31.4 Å². The molecule has 23 heavy (non-hydrogen) atoms. The summed E-state index contributed by atoms with van der Waals surface area (Å²) >= 11 is 0. The number of aliphatic hydroxyl groups is 1. The van der Waals surface area contributed by atoms with Gasteiger partial charge < -0.3 is 5.11 Å². The van der Waals surface area contributed by atoms with E-state index in [1.54, 1.807) is 0 Å². The van der Waals surface area contributed by atoms with Gasteiger partial charge in [-0.15, -0.1) is 0 Å². The lowest BCUT2D eigenvalue weighted by Gasteiger charge is -2.48. The maximum Gasteiger partial charge on any atom is 0.426 e. The molecule has 5 atom stereocenters. The van der Waals surface area contributed by atoms with Crippen molar-refractivity contribution in [1.82, 2.24) is 0 Å². The van der Waals surface area contributed by atoms with Crippen molar-refractivity contribution in [3.05, 3.63) is 0 Å². The van der Waals surface area contributed by atoms with Gasteiger partial charge in [0.1, 0.15) is 0 Å². The predicted molar refractivity (Wildman–Crippen MR) is 71.4 cm³/mol. The van der Waals surface area contributed by atoms with Gasteiger partial charge in [-0.25, -0.2) is 0 Å². The molecule has 3 bridgehead atoms. The number of halogens is 6. The molecule has 0 aromatic heterocycles. The van der Waals surface area contributed by atoms with Crippen LogP contribution in [0.5, 0.6) is 0 Å². The standard InChI is InChI=1S/C16H22F6O/c1-9-11-3-4-13(9)6-10(5-12(11,2)8-13)7-14(23,15(17,18)19)16(20,21)22/h9-11,23H,3-8H2,1-2H3/t9?,10?,11-,12?,13?/m0/s1. The van der Waals surface area contributed by atoms with Gasteiger partial charge in [0.15, 0.2) is 0 Å². The Hall–Kier alpha value is -0.460. The highest BCUT2D eigenvalue weighted by Crippen LogP contribution is 2.73. The molecule has 3 saturated carbocycles. The molecule has 1 N–H and O–H groups in total. The van der Waals surface area contributed by atoms with Gasteiger partial charge >= 0.3 is 12.4 Å². The van der Waals surface area contributed by atoms with Gasteiger partial charge in [0, 0.05) is 0 Å². The smallest absolute Gasteiger partial charge is 0.374 e. The van der Waals surface area contributed by atoms with Crippen molar-refractivity contribution in [3.63, 3.8) is 0 Å². The van der Waals surface area contributed by atoms with E-state index in [1.807, 2.05) is 6.92 Å². The normalized spacial score (nSPS) is 44.0. The molecule has 1 spiro atoms. The molecule has 0 aromatic rings. The maximum absolute atomic E-state index is 13.0. The summed E-state index contributed by atoms with van der Waals surface area (Å²) in [5.41, 5.74) is -4.91. The minimum absolute atomic E-state index is 0.125. The van der Waals surface area contributed by atoms with E-state index in [2.05, 4.69) is 6.92 Å². The highest BCUT2D eigenvalue weighted by Gasteiger charge is 2.72. The first-order chi connectivity index (χ1) is 10.2. The van der Waals surface area contributed by atoms with Crippen LogP contribution < -0.4 is 0 Å². The first kappa shape index (κ1) is 17.4. The van der Waals surface area contributed by atoms with Gasteiger partial charge in [-0.05, 0) is 67.1 Å². The van der Waals surface area contributed by atoms with Gasteiger partial charge in [-0.1, -0.05) is 13.8 Å². The molecular weight excluding hydrogens is 322 g/mol. The molecule has 1 nitrogen and oxygen atoms in total. The van der Waals surface area contributed by atoms with Crippen LogP contribution >= 0.6 is 0 Å². The lowest BCUT2D eigenvalue weighted by atomic mass is 9.58. The second kappa shape index (κ2) is 4.58. The zero-order valence-electron chi connectivity index (χ0n) is 13.2. The Morgan fingerprint density at radius 1 is 1.04 bits per heavy atom. The van der Waals surface area contributed by atoms with E-state index in [9.17, 15) is 31.4 Å². The Morgan fingerprint density at radius 2 is 1.61 bits per heavy atom. The van der Waals surface area contributed by atoms with Gasteiger partial charge in [0.2, 0.25) is 0 Å². The van der Waals surface area contributed by atoms with Gasteiger partial charge in [-0.3, -0.25) is 0 Å². The second-order valence-electron chi connectivity index (χ2n) is 8.46. The van der Waals surface area contributed by atoms with Crippen LogP contribution in [0.15, 0.2) is 0 Å². The Bertz CT molecular complexity index is 484. The molecular formula is C16H22F6O. The van der Waals surface area contributed by atoms with E-state index in [-0.39, 0.29) is 10.8 Å². The van der Waals surface area contributed by atoms with Crippen LogP contribution in [0, 0.1) is 28.6 Å². The molecule has 3 fully saturated rings. The zero-order chi connectivity index (χ0) is 17.5. The predicted octanol–water partition coefficient (Wildman–Crippen LogP) is 5.08. The summed E-state index contributed by atoms with van der Waals surface area (Å²) in [6, 6.07) is 0. The molecule has 0 heterocycles. The summed E-state index contributed by atoms with van der Waals surface area (Å²) in [6.07, 6.45) is -9.15. The highest BCUT2D eigenvalue weighted by atomic mass is 19.4. The lowest BCUT2D eigenvalue weighted by molar-refractivity contribution is -0.373. The fourth-order valence-electron chi connectivity index (χ4n) is 6.33. The van der Waals surface area contributed by atoms with E-state index in [1.165, 1.54) is 0 Å². The average Bonchev–Trinajstić information content (AvgIpc) is 2.69. The molecule has 3 aliphatic carbocycles. The van der Waals surface area contributed by atoms with Crippen molar-refractivity contribution in [3.8, 4) is 0 Å². The molecule has 0 radical (unpaired) electrons. The molecule has 0 saturated heterocycles. The van der Waals surface area contributed by atoms with Crippen LogP contribution in [0.4, 0.5) is 26.3 Å². The van der Waals surface area contributed by atoms with Crippen LogP contribution in [0.25, 0.3) is 0 Å². The van der Waals surface area contributed by atoms with E-state index < -0.39 is 30.3 Å². The van der Waals surface area contributed by atoms with Crippen LogP contribution in [0.3, 0.4) is 0 Å².